The van der Waals surface area contributed by atoms with E-state index in [-0.39, 0.29) is 11.9 Å². The molecular formula is C15H16FN. The van der Waals surface area contributed by atoms with Crippen molar-refractivity contribution in [1.82, 2.24) is 5.32 Å². The van der Waals surface area contributed by atoms with Gasteiger partial charge in [0, 0.05) is 6.04 Å². The van der Waals surface area contributed by atoms with Crippen molar-refractivity contribution >= 4 is 0 Å². The highest BCUT2D eigenvalue weighted by Gasteiger charge is 2.09. The van der Waals surface area contributed by atoms with Gasteiger partial charge in [0.15, 0.2) is 0 Å². The molecule has 0 heterocycles. The van der Waals surface area contributed by atoms with Crippen LogP contribution < -0.4 is 5.32 Å². The summed E-state index contributed by atoms with van der Waals surface area (Å²) in [6.45, 7) is 2.11. The molecule has 0 fully saturated rings. The first-order valence-electron chi connectivity index (χ1n) is 5.74. The third-order valence-electron chi connectivity index (χ3n) is 3.02. The van der Waals surface area contributed by atoms with Gasteiger partial charge in [0.05, 0.1) is 0 Å². The van der Waals surface area contributed by atoms with Crippen LogP contribution in [0.1, 0.15) is 18.5 Å². The highest BCUT2D eigenvalue weighted by molar-refractivity contribution is 5.67. The van der Waals surface area contributed by atoms with Crippen LogP contribution in [0.5, 0.6) is 0 Å². The second-order valence-corrected chi connectivity index (χ2v) is 4.10. The Bertz CT molecular complexity index is 491. The van der Waals surface area contributed by atoms with Gasteiger partial charge in [-0.2, -0.15) is 0 Å². The fraction of sp³-hybridized carbons (Fsp3) is 0.200. The van der Waals surface area contributed by atoms with Crippen molar-refractivity contribution in [2.24, 2.45) is 0 Å². The minimum absolute atomic E-state index is 0.201. The summed E-state index contributed by atoms with van der Waals surface area (Å²) in [5.74, 6) is -0.201. The van der Waals surface area contributed by atoms with E-state index in [1.165, 1.54) is 17.7 Å². The van der Waals surface area contributed by atoms with Gasteiger partial charge in [0.2, 0.25) is 0 Å². The second kappa shape index (κ2) is 5.11. The van der Waals surface area contributed by atoms with Gasteiger partial charge in [0.25, 0.3) is 0 Å². The topological polar surface area (TPSA) is 12.0 Å². The Morgan fingerprint density at radius 3 is 2.29 bits per heavy atom. The number of nitrogens with one attached hydrogen (secondary N) is 1. The van der Waals surface area contributed by atoms with E-state index < -0.39 is 0 Å². The summed E-state index contributed by atoms with van der Waals surface area (Å²) >= 11 is 0. The molecule has 0 saturated carbocycles. The molecule has 2 aromatic carbocycles. The van der Waals surface area contributed by atoms with Crippen molar-refractivity contribution in [2.45, 2.75) is 13.0 Å². The molecule has 1 N–H and O–H groups in total. The van der Waals surface area contributed by atoms with Crippen LogP contribution in [0.25, 0.3) is 11.1 Å². The quantitative estimate of drug-likeness (QED) is 0.844. The van der Waals surface area contributed by atoms with Crippen molar-refractivity contribution in [2.75, 3.05) is 7.05 Å². The maximum absolute atomic E-state index is 12.9. The van der Waals surface area contributed by atoms with Crippen LogP contribution in [0.2, 0.25) is 0 Å². The molecule has 0 amide bonds. The molecule has 17 heavy (non-hydrogen) atoms. The lowest BCUT2D eigenvalue weighted by Gasteiger charge is -2.15. The van der Waals surface area contributed by atoms with E-state index in [2.05, 4.69) is 24.4 Å². The molecule has 0 aliphatic rings. The molecule has 0 saturated heterocycles. The first-order valence-corrected chi connectivity index (χ1v) is 5.74. The van der Waals surface area contributed by atoms with Gasteiger partial charge in [-0.15, -0.1) is 0 Å². The number of halogens is 1. The SMILES string of the molecule is CNC(C)c1ccccc1-c1ccc(F)cc1. The molecule has 1 unspecified atom stereocenters. The largest absolute Gasteiger partial charge is 0.313 e. The molecule has 2 aromatic rings. The zero-order valence-corrected chi connectivity index (χ0v) is 10.1. The number of hydrogen-bond acceptors (Lipinski definition) is 1. The first-order chi connectivity index (χ1) is 8.22. The highest BCUT2D eigenvalue weighted by atomic mass is 19.1. The molecule has 0 bridgehead atoms. The molecule has 2 rings (SSSR count). The molecule has 0 aliphatic carbocycles. The lowest BCUT2D eigenvalue weighted by molar-refractivity contribution is 0.628. The Morgan fingerprint density at radius 1 is 1.00 bits per heavy atom. The third-order valence-corrected chi connectivity index (χ3v) is 3.02. The van der Waals surface area contributed by atoms with Crippen LogP contribution in [0.4, 0.5) is 4.39 Å². The van der Waals surface area contributed by atoms with Crippen molar-refractivity contribution in [3.8, 4) is 11.1 Å². The van der Waals surface area contributed by atoms with Crippen LogP contribution in [-0.4, -0.2) is 7.05 Å². The standard InChI is InChI=1S/C15H16FN/c1-11(17-2)14-5-3-4-6-15(14)12-7-9-13(16)10-8-12/h3-11,17H,1-2H3. The van der Waals surface area contributed by atoms with Gasteiger partial charge in [0.1, 0.15) is 5.82 Å². The molecule has 2 heteroatoms. The summed E-state index contributed by atoms with van der Waals surface area (Å²) in [6, 6.07) is 15.1. The second-order valence-electron chi connectivity index (χ2n) is 4.10. The van der Waals surface area contributed by atoms with E-state index in [0.717, 1.165) is 11.1 Å². The molecule has 1 atom stereocenters. The summed E-state index contributed by atoms with van der Waals surface area (Å²) in [5, 5.41) is 3.23. The van der Waals surface area contributed by atoms with Gasteiger partial charge in [-0.1, -0.05) is 36.4 Å². The van der Waals surface area contributed by atoms with Gasteiger partial charge in [-0.25, -0.2) is 4.39 Å². The van der Waals surface area contributed by atoms with Crippen LogP contribution in [0, 0.1) is 5.82 Å². The molecule has 0 aromatic heterocycles. The molecule has 1 nitrogen and oxygen atoms in total. The number of hydrogen-bond donors (Lipinski definition) is 1. The van der Waals surface area contributed by atoms with Gasteiger partial charge >= 0.3 is 0 Å². The lowest BCUT2D eigenvalue weighted by atomic mass is 9.96. The fourth-order valence-electron chi connectivity index (χ4n) is 1.92. The Morgan fingerprint density at radius 2 is 1.65 bits per heavy atom. The summed E-state index contributed by atoms with van der Waals surface area (Å²) in [5.41, 5.74) is 3.42. The van der Waals surface area contributed by atoms with Crippen molar-refractivity contribution in [3.05, 3.63) is 59.9 Å². The summed E-state index contributed by atoms with van der Waals surface area (Å²) < 4.78 is 12.9. The lowest BCUT2D eigenvalue weighted by Crippen LogP contribution is -2.13. The van der Waals surface area contributed by atoms with E-state index in [0.29, 0.717) is 0 Å². The van der Waals surface area contributed by atoms with Crippen LogP contribution in [-0.2, 0) is 0 Å². The zero-order chi connectivity index (χ0) is 12.3. The summed E-state index contributed by atoms with van der Waals surface area (Å²) in [7, 11) is 1.94. The molecule has 0 radical (unpaired) electrons. The van der Waals surface area contributed by atoms with Crippen molar-refractivity contribution in [3.63, 3.8) is 0 Å². The van der Waals surface area contributed by atoms with Crippen molar-refractivity contribution in [1.29, 1.82) is 0 Å². The molecule has 0 aliphatic heterocycles. The molecule has 88 valence electrons. The average molecular weight is 229 g/mol. The Labute approximate surface area is 101 Å². The van der Waals surface area contributed by atoms with E-state index >= 15 is 0 Å². The molecule has 0 spiro atoms. The predicted octanol–water partition coefficient (Wildman–Crippen LogP) is 3.77. The van der Waals surface area contributed by atoms with Crippen LogP contribution >= 0.6 is 0 Å². The van der Waals surface area contributed by atoms with Crippen LogP contribution in [0.15, 0.2) is 48.5 Å². The predicted molar refractivity (Wildman–Crippen MR) is 69.3 cm³/mol. The Balaban J connectivity index is 2.48. The average Bonchev–Trinajstić information content (AvgIpc) is 2.39. The van der Waals surface area contributed by atoms with Gasteiger partial charge < -0.3 is 5.32 Å². The summed E-state index contributed by atoms with van der Waals surface area (Å²) in [6.07, 6.45) is 0. The Hall–Kier alpha value is -1.67. The third kappa shape index (κ3) is 2.53. The van der Waals surface area contributed by atoms with Crippen molar-refractivity contribution < 1.29 is 4.39 Å². The molecular weight excluding hydrogens is 213 g/mol. The Kier molecular flexibility index (Phi) is 3.55. The van der Waals surface area contributed by atoms with E-state index in [1.807, 2.05) is 31.3 Å². The normalized spacial score (nSPS) is 12.4. The first kappa shape index (κ1) is 11.8. The smallest absolute Gasteiger partial charge is 0.123 e. The maximum Gasteiger partial charge on any atom is 0.123 e. The minimum atomic E-state index is -0.201. The number of benzene rings is 2. The summed E-state index contributed by atoms with van der Waals surface area (Å²) in [4.78, 5) is 0. The number of rotatable bonds is 3. The van der Waals surface area contributed by atoms with Gasteiger partial charge in [-0.3, -0.25) is 0 Å². The monoisotopic (exact) mass is 229 g/mol. The highest BCUT2D eigenvalue weighted by Crippen LogP contribution is 2.27. The van der Waals surface area contributed by atoms with E-state index in [4.69, 9.17) is 0 Å². The van der Waals surface area contributed by atoms with E-state index in [9.17, 15) is 4.39 Å². The van der Waals surface area contributed by atoms with E-state index in [1.54, 1.807) is 0 Å². The maximum atomic E-state index is 12.9. The van der Waals surface area contributed by atoms with Gasteiger partial charge in [-0.05, 0) is 42.8 Å². The minimum Gasteiger partial charge on any atom is -0.313 e. The fourth-order valence-corrected chi connectivity index (χ4v) is 1.92. The zero-order valence-electron chi connectivity index (χ0n) is 10.1. The van der Waals surface area contributed by atoms with Crippen LogP contribution in [0.3, 0.4) is 0 Å².